The maximum absolute atomic E-state index is 11.0. The van der Waals surface area contributed by atoms with Gasteiger partial charge in [0.25, 0.3) is 0 Å². The van der Waals surface area contributed by atoms with Crippen LogP contribution in [0.5, 0.6) is 0 Å². The molecule has 0 spiro atoms. The van der Waals surface area contributed by atoms with Crippen LogP contribution in [-0.4, -0.2) is 11.7 Å². The lowest BCUT2D eigenvalue weighted by molar-refractivity contribution is -0.150. The number of hydrogen-bond donors (Lipinski definition) is 2. The molecular weight excluding hydrogens is 236 g/mol. The van der Waals surface area contributed by atoms with E-state index in [-0.39, 0.29) is 5.97 Å². The molecule has 1 aromatic rings. The predicted molar refractivity (Wildman–Crippen MR) is 67.2 cm³/mol. The smallest absolute Gasteiger partial charge is 0.327 e. The molecule has 0 amide bonds. The van der Waals surface area contributed by atoms with E-state index in [9.17, 15) is 4.79 Å². The molecule has 0 aromatic heterocycles. The van der Waals surface area contributed by atoms with E-state index in [0.29, 0.717) is 12.2 Å². The van der Waals surface area contributed by atoms with Gasteiger partial charge in [0.15, 0.2) is 0 Å². The minimum absolute atomic E-state index is 0.332. The van der Waals surface area contributed by atoms with Gasteiger partial charge in [-0.25, -0.2) is 5.84 Å². The van der Waals surface area contributed by atoms with Crippen molar-refractivity contribution in [3.05, 3.63) is 29.3 Å². The second-order valence-corrected chi connectivity index (χ2v) is 5.14. The summed E-state index contributed by atoms with van der Waals surface area (Å²) < 4.78 is 0. The third kappa shape index (κ3) is 3.46. The van der Waals surface area contributed by atoms with E-state index in [1.807, 2.05) is 5.59 Å². The summed E-state index contributed by atoms with van der Waals surface area (Å²) in [5.74, 6) is 5.25. The van der Waals surface area contributed by atoms with Crippen LogP contribution in [0.15, 0.2) is 23.1 Å². The summed E-state index contributed by atoms with van der Waals surface area (Å²) in [6, 6.07) is 6.56. The molecule has 1 aromatic carbocycles. The van der Waals surface area contributed by atoms with E-state index in [4.69, 9.17) is 5.84 Å². The van der Waals surface area contributed by atoms with Gasteiger partial charge in [-0.2, -0.15) is 0 Å². The number of fused-ring (bicyclic) bond motifs is 1. The van der Waals surface area contributed by atoms with Crippen LogP contribution < -0.4 is 11.4 Å². The molecule has 5 heteroatoms. The second-order valence-electron chi connectivity index (χ2n) is 3.97. The van der Waals surface area contributed by atoms with Crippen molar-refractivity contribution < 1.29 is 9.63 Å². The summed E-state index contributed by atoms with van der Waals surface area (Å²) in [4.78, 5) is 16.7. The highest BCUT2D eigenvalue weighted by atomic mass is 32.2. The number of hydrazine groups is 1. The molecule has 3 N–H and O–H groups in total. The summed E-state index contributed by atoms with van der Waals surface area (Å²) in [5, 5.41) is 0. The summed E-state index contributed by atoms with van der Waals surface area (Å²) in [7, 11) is 0. The van der Waals surface area contributed by atoms with Crippen LogP contribution >= 0.6 is 11.8 Å². The zero-order chi connectivity index (χ0) is 12.1. The van der Waals surface area contributed by atoms with Gasteiger partial charge in [-0.05, 0) is 42.5 Å². The molecule has 0 aliphatic heterocycles. The molecule has 0 heterocycles. The lowest BCUT2D eigenvalue weighted by atomic mass is 10.1. The molecule has 0 unspecified atom stereocenters. The fourth-order valence-electron chi connectivity index (χ4n) is 2.01. The summed E-state index contributed by atoms with van der Waals surface area (Å²) >= 11 is 1.67. The van der Waals surface area contributed by atoms with E-state index >= 15 is 0 Å². The molecule has 92 valence electrons. The van der Waals surface area contributed by atoms with Crippen molar-refractivity contribution in [2.24, 2.45) is 5.84 Å². The van der Waals surface area contributed by atoms with Crippen molar-refractivity contribution in [3.8, 4) is 0 Å². The van der Waals surface area contributed by atoms with E-state index in [2.05, 4.69) is 23.0 Å². The average Bonchev–Trinajstić information content (AvgIpc) is 2.76. The number of nitrogens with two attached hydrogens (primary N) is 1. The number of carbonyl (C=O) groups excluding carboxylic acids is 1. The molecule has 0 bridgehead atoms. The van der Waals surface area contributed by atoms with Crippen LogP contribution in [0, 0.1) is 0 Å². The van der Waals surface area contributed by atoms with Crippen LogP contribution in [0.1, 0.15) is 24.0 Å². The Labute approximate surface area is 105 Å². The van der Waals surface area contributed by atoms with Crippen molar-refractivity contribution in [2.75, 3.05) is 5.75 Å². The zero-order valence-corrected chi connectivity index (χ0v) is 10.4. The van der Waals surface area contributed by atoms with Crippen molar-refractivity contribution in [1.29, 1.82) is 0 Å². The Morgan fingerprint density at radius 3 is 3.06 bits per heavy atom. The van der Waals surface area contributed by atoms with Crippen LogP contribution in [-0.2, 0) is 22.5 Å². The molecule has 0 saturated heterocycles. The van der Waals surface area contributed by atoms with Crippen LogP contribution in [0.3, 0.4) is 0 Å². The molecule has 4 nitrogen and oxygen atoms in total. The Balaban J connectivity index is 1.81. The van der Waals surface area contributed by atoms with E-state index in [0.717, 1.165) is 0 Å². The summed E-state index contributed by atoms with van der Waals surface area (Å²) in [6.07, 6.45) is 4.00. The van der Waals surface area contributed by atoms with E-state index < -0.39 is 0 Å². The molecule has 0 fully saturated rings. The van der Waals surface area contributed by atoms with Gasteiger partial charge in [0.05, 0.1) is 6.42 Å². The van der Waals surface area contributed by atoms with Crippen molar-refractivity contribution >= 4 is 17.7 Å². The maximum atomic E-state index is 11.0. The lowest BCUT2D eigenvalue weighted by Crippen LogP contribution is -2.26. The quantitative estimate of drug-likeness (QED) is 0.473. The number of carbonyl (C=O) groups is 1. The van der Waals surface area contributed by atoms with Crippen LogP contribution in [0.4, 0.5) is 0 Å². The average molecular weight is 252 g/mol. The third-order valence-corrected chi connectivity index (χ3v) is 3.81. The molecule has 17 heavy (non-hydrogen) atoms. The minimum atomic E-state index is -0.332. The fraction of sp³-hybridized carbons (Fsp3) is 0.417. The summed E-state index contributed by atoms with van der Waals surface area (Å²) in [6.45, 7) is 0. The third-order valence-electron chi connectivity index (χ3n) is 2.82. The minimum Gasteiger partial charge on any atom is -0.356 e. The van der Waals surface area contributed by atoms with Crippen LogP contribution in [0.25, 0.3) is 0 Å². The second kappa shape index (κ2) is 6.05. The normalized spacial score (nSPS) is 13.5. The number of benzene rings is 1. The van der Waals surface area contributed by atoms with Gasteiger partial charge in [0.2, 0.25) is 0 Å². The zero-order valence-electron chi connectivity index (χ0n) is 9.57. The molecule has 1 aliphatic carbocycles. The number of hydrogen-bond acceptors (Lipinski definition) is 5. The van der Waals surface area contributed by atoms with Gasteiger partial charge in [0, 0.05) is 10.6 Å². The first kappa shape index (κ1) is 12.4. The predicted octanol–water partition coefficient (Wildman–Crippen LogP) is 1.58. The monoisotopic (exact) mass is 252 g/mol. The first-order valence-corrected chi connectivity index (χ1v) is 6.68. The number of nitrogens with one attached hydrogen (secondary N) is 1. The highest BCUT2D eigenvalue weighted by molar-refractivity contribution is 7.99. The highest BCUT2D eigenvalue weighted by Gasteiger charge is 2.11. The van der Waals surface area contributed by atoms with Gasteiger partial charge in [-0.3, -0.25) is 4.79 Å². The fourth-order valence-corrected chi connectivity index (χ4v) is 2.90. The van der Waals surface area contributed by atoms with Gasteiger partial charge in [-0.15, -0.1) is 11.8 Å². The molecule has 1 aliphatic rings. The molecule has 0 radical (unpaired) electrons. The molecule has 2 rings (SSSR count). The number of thioether (sulfide) groups is 1. The van der Waals surface area contributed by atoms with Crippen molar-refractivity contribution in [2.45, 2.75) is 30.6 Å². The van der Waals surface area contributed by atoms with E-state index in [1.54, 1.807) is 11.8 Å². The standard InChI is InChI=1S/C12H16N2O2S/c13-14-16-12(15)6-7-17-11-5-4-9-2-1-3-10(9)8-11/h4-5,8,14H,1-3,6-7,13H2. The number of aryl methyl sites for hydroxylation is 2. The maximum Gasteiger partial charge on any atom is 0.327 e. The Hall–Kier alpha value is -1.04. The van der Waals surface area contributed by atoms with Gasteiger partial charge < -0.3 is 4.84 Å². The Kier molecular flexibility index (Phi) is 4.42. The lowest BCUT2D eigenvalue weighted by Gasteiger charge is -2.04. The molecule has 0 atom stereocenters. The Bertz CT molecular complexity index is 409. The first-order valence-electron chi connectivity index (χ1n) is 5.69. The Morgan fingerprint density at radius 1 is 1.41 bits per heavy atom. The SMILES string of the molecule is NNOC(=O)CCSc1ccc2c(c1)CCC2. The van der Waals surface area contributed by atoms with E-state index in [1.165, 1.54) is 35.3 Å². The summed E-state index contributed by atoms with van der Waals surface area (Å²) in [5.41, 5.74) is 4.82. The molecule has 0 saturated carbocycles. The topological polar surface area (TPSA) is 64.3 Å². The number of rotatable bonds is 5. The van der Waals surface area contributed by atoms with Crippen molar-refractivity contribution in [1.82, 2.24) is 5.59 Å². The highest BCUT2D eigenvalue weighted by Crippen LogP contribution is 2.27. The largest absolute Gasteiger partial charge is 0.356 e. The van der Waals surface area contributed by atoms with Crippen molar-refractivity contribution in [3.63, 3.8) is 0 Å². The Morgan fingerprint density at radius 2 is 2.24 bits per heavy atom. The first-order chi connectivity index (χ1) is 8.29. The van der Waals surface area contributed by atoms with Gasteiger partial charge >= 0.3 is 5.97 Å². The van der Waals surface area contributed by atoms with Gasteiger partial charge in [0.1, 0.15) is 0 Å². The van der Waals surface area contributed by atoms with Crippen LogP contribution in [0.2, 0.25) is 0 Å². The van der Waals surface area contributed by atoms with Gasteiger partial charge in [-0.1, -0.05) is 11.7 Å². The molecular formula is C12H16N2O2S.